The molecule has 1 unspecified atom stereocenters. The van der Waals surface area contributed by atoms with Crippen molar-refractivity contribution in [3.05, 3.63) is 69.4 Å². The van der Waals surface area contributed by atoms with E-state index in [-0.39, 0.29) is 6.10 Å². The van der Waals surface area contributed by atoms with Gasteiger partial charge in [0.25, 0.3) is 0 Å². The highest BCUT2D eigenvalue weighted by Gasteiger charge is 2.24. The van der Waals surface area contributed by atoms with Crippen LogP contribution in [0.4, 0.5) is 0 Å². The third-order valence-electron chi connectivity index (χ3n) is 3.50. The molecule has 1 aromatic rings. The van der Waals surface area contributed by atoms with Crippen LogP contribution >= 0.6 is 23.2 Å². The molecule has 0 aromatic heterocycles. The minimum absolute atomic E-state index is 0.323. The van der Waals surface area contributed by atoms with Crippen molar-refractivity contribution >= 4 is 34.9 Å². The molecule has 1 aromatic carbocycles. The molecule has 2 aliphatic rings. The van der Waals surface area contributed by atoms with E-state index >= 15 is 0 Å². The van der Waals surface area contributed by atoms with Crippen LogP contribution in [0.5, 0.6) is 0 Å². The number of ether oxygens (including phenoxy) is 1. The Bertz CT molecular complexity index is 760. The number of hydrogen-bond donors (Lipinski definition) is 0. The Morgan fingerprint density at radius 2 is 2.14 bits per heavy atom. The zero-order valence-corrected chi connectivity index (χ0v) is 13.4. The lowest BCUT2D eigenvalue weighted by Gasteiger charge is -2.16. The van der Waals surface area contributed by atoms with Gasteiger partial charge in [0.2, 0.25) is 0 Å². The molecule has 0 amide bonds. The van der Waals surface area contributed by atoms with Gasteiger partial charge in [-0.2, -0.15) is 0 Å². The van der Waals surface area contributed by atoms with Gasteiger partial charge in [-0.1, -0.05) is 48.3 Å². The summed E-state index contributed by atoms with van der Waals surface area (Å²) in [6.45, 7) is 1.94. The molecule has 0 bridgehead atoms. The molecule has 0 radical (unpaired) electrons. The number of fused-ring (bicyclic) bond motifs is 1. The predicted molar refractivity (Wildman–Crippen MR) is 88.3 cm³/mol. The minimum atomic E-state index is -0.436. The second-order valence-electron chi connectivity index (χ2n) is 4.98. The topological polar surface area (TPSA) is 38.7 Å². The number of aliphatic imine (C=N–C) groups is 1. The molecule has 0 saturated carbocycles. The van der Waals surface area contributed by atoms with Crippen molar-refractivity contribution in [2.24, 2.45) is 4.99 Å². The van der Waals surface area contributed by atoms with Crippen LogP contribution in [-0.4, -0.2) is 11.7 Å². The molecule has 0 saturated heterocycles. The van der Waals surface area contributed by atoms with Crippen LogP contribution in [0, 0.1) is 0 Å². The van der Waals surface area contributed by atoms with Crippen molar-refractivity contribution in [3.63, 3.8) is 0 Å². The minimum Gasteiger partial charge on any atom is -0.453 e. The van der Waals surface area contributed by atoms with Gasteiger partial charge in [0.1, 0.15) is 11.8 Å². The van der Waals surface area contributed by atoms with Crippen molar-refractivity contribution < 1.29 is 9.53 Å². The third kappa shape index (κ3) is 2.87. The highest BCUT2D eigenvalue weighted by molar-refractivity contribution is 6.43. The number of rotatable bonds is 4. The first-order valence-electron chi connectivity index (χ1n) is 6.93. The Morgan fingerprint density at radius 3 is 2.82 bits per heavy atom. The number of benzene rings is 1. The number of carbonyl (C=O) groups is 1. The van der Waals surface area contributed by atoms with Crippen molar-refractivity contribution in [1.82, 2.24) is 0 Å². The fourth-order valence-corrected chi connectivity index (χ4v) is 2.66. The summed E-state index contributed by atoms with van der Waals surface area (Å²) in [5.41, 5.74) is 2.88. The highest BCUT2D eigenvalue weighted by atomic mass is 35.5. The average molecular weight is 334 g/mol. The van der Waals surface area contributed by atoms with Crippen LogP contribution < -0.4 is 0 Å². The summed E-state index contributed by atoms with van der Waals surface area (Å²) in [6.07, 6.45) is 7.66. The number of halogens is 2. The summed E-state index contributed by atoms with van der Waals surface area (Å²) < 4.78 is 5.56. The first kappa shape index (κ1) is 15.1. The zero-order chi connectivity index (χ0) is 15.7. The summed E-state index contributed by atoms with van der Waals surface area (Å²) >= 11 is 11.9. The Labute approximate surface area is 138 Å². The Kier molecular flexibility index (Phi) is 4.19. The van der Waals surface area contributed by atoms with E-state index in [2.05, 4.69) is 4.99 Å². The van der Waals surface area contributed by atoms with Crippen LogP contribution in [0.2, 0.25) is 10.0 Å². The lowest BCUT2D eigenvalue weighted by atomic mass is 10.1. The smallest absolute Gasteiger partial charge is 0.357 e. The summed E-state index contributed by atoms with van der Waals surface area (Å²) in [7, 11) is 0. The van der Waals surface area contributed by atoms with Gasteiger partial charge >= 0.3 is 5.97 Å². The molecule has 1 atom stereocenters. The second kappa shape index (κ2) is 6.11. The molecule has 5 heteroatoms. The van der Waals surface area contributed by atoms with E-state index in [1.807, 2.05) is 31.2 Å². The summed E-state index contributed by atoms with van der Waals surface area (Å²) in [6, 6.07) is 5.23. The van der Waals surface area contributed by atoms with Crippen molar-refractivity contribution in [2.75, 3.05) is 0 Å². The van der Waals surface area contributed by atoms with Gasteiger partial charge in [0.05, 0.1) is 15.7 Å². The molecule has 0 spiro atoms. The van der Waals surface area contributed by atoms with Crippen LogP contribution in [0.25, 0.3) is 0 Å². The summed E-state index contributed by atoms with van der Waals surface area (Å²) in [4.78, 5) is 16.5. The standard InChI is InChI=1S/C17H13Cl2NO2/c1-2-16(11-6-7-12(18)13(19)8-11)22-17(21)15-9-10-4-3-5-14(10)20-15/h3-9,16H,2H2,1H3. The van der Waals surface area contributed by atoms with Crippen LogP contribution in [0.15, 0.2) is 58.8 Å². The molecule has 1 aliphatic heterocycles. The second-order valence-corrected chi connectivity index (χ2v) is 5.80. The highest BCUT2D eigenvalue weighted by Crippen LogP contribution is 2.30. The van der Waals surface area contributed by atoms with E-state index in [4.69, 9.17) is 27.9 Å². The molecule has 0 fully saturated rings. The normalized spacial score (nSPS) is 16.8. The van der Waals surface area contributed by atoms with Gasteiger partial charge < -0.3 is 4.74 Å². The lowest BCUT2D eigenvalue weighted by Crippen LogP contribution is -2.18. The maximum Gasteiger partial charge on any atom is 0.357 e. The predicted octanol–water partition coefficient (Wildman–Crippen LogP) is 4.82. The lowest BCUT2D eigenvalue weighted by molar-refractivity contribution is -0.141. The van der Waals surface area contributed by atoms with Gasteiger partial charge in [-0.25, -0.2) is 9.79 Å². The van der Waals surface area contributed by atoms with Gasteiger partial charge in [-0.15, -0.1) is 0 Å². The fraction of sp³-hybridized carbons (Fsp3) is 0.176. The van der Waals surface area contributed by atoms with Crippen LogP contribution in [-0.2, 0) is 9.53 Å². The van der Waals surface area contributed by atoms with E-state index in [0.717, 1.165) is 16.8 Å². The molecular weight excluding hydrogens is 321 g/mol. The summed E-state index contributed by atoms with van der Waals surface area (Å²) in [5, 5.41) is 0.918. The first-order valence-corrected chi connectivity index (χ1v) is 7.69. The fourth-order valence-electron chi connectivity index (χ4n) is 2.35. The Hall–Kier alpha value is -1.84. The van der Waals surface area contributed by atoms with E-state index in [1.54, 1.807) is 18.2 Å². The molecule has 22 heavy (non-hydrogen) atoms. The van der Waals surface area contributed by atoms with E-state index in [0.29, 0.717) is 22.2 Å². The number of nitrogens with zero attached hydrogens (tertiary/aromatic N) is 1. The molecule has 112 valence electrons. The molecule has 1 aliphatic carbocycles. The van der Waals surface area contributed by atoms with Crippen molar-refractivity contribution in [3.8, 4) is 0 Å². The Balaban J connectivity index is 1.76. The molecule has 0 N–H and O–H groups in total. The Morgan fingerprint density at radius 1 is 1.32 bits per heavy atom. The van der Waals surface area contributed by atoms with E-state index in [9.17, 15) is 4.79 Å². The van der Waals surface area contributed by atoms with Crippen molar-refractivity contribution in [1.29, 1.82) is 0 Å². The maximum absolute atomic E-state index is 12.3. The first-order chi connectivity index (χ1) is 10.6. The van der Waals surface area contributed by atoms with Gasteiger partial charge in [-0.05, 0) is 36.3 Å². The van der Waals surface area contributed by atoms with E-state index < -0.39 is 5.97 Å². The molecule has 3 rings (SSSR count). The average Bonchev–Trinajstić information content (AvgIpc) is 3.09. The van der Waals surface area contributed by atoms with Gasteiger partial charge in [-0.3, -0.25) is 0 Å². The van der Waals surface area contributed by atoms with Crippen molar-refractivity contribution in [2.45, 2.75) is 19.4 Å². The third-order valence-corrected chi connectivity index (χ3v) is 4.24. The monoisotopic (exact) mass is 333 g/mol. The summed E-state index contributed by atoms with van der Waals surface area (Å²) in [5.74, 6) is -0.436. The van der Waals surface area contributed by atoms with E-state index in [1.165, 1.54) is 0 Å². The molecule has 3 nitrogen and oxygen atoms in total. The van der Waals surface area contributed by atoms with Gasteiger partial charge in [0.15, 0.2) is 0 Å². The molecular formula is C17H13Cl2NO2. The SMILES string of the molecule is CCC(OC(=O)C1=NC2=CC=CC2=C1)c1ccc(Cl)c(Cl)c1. The number of allylic oxidation sites excluding steroid dienone is 3. The quantitative estimate of drug-likeness (QED) is 0.740. The number of hydrogen-bond acceptors (Lipinski definition) is 3. The van der Waals surface area contributed by atoms with Crippen LogP contribution in [0.3, 0.4) is 0 Å². The zero-order valence-electron chi connectivity index (χ0n) is 11.8. The maximum atomic E-state index is 12.3. The molecule has 1 heterocycles. The number of esters is 1. The van der Waals surface area contributed by atoms with Gasteiger partial charge in [0, 0.05) is 5.57 Å². The largest absolute Gasteiger partial charge is 0.453 e. The number of carbonyl (C=O) groups excluding carboxylic acids is 1. The van der Waals surface area contributed by atoms with Crippen LogP contribution in [0.1, 0.15) is 25.0 Å².